The predicted molar refractivity (Wildman–Crippen MR) is 97.8 cm³/mol. The molecule has 9 heteroatoms. The number of aliphatic carboxylic acids is 1. The predicted octanol–water partition coefficient (Wildman–Crippen LogP) is 2.59. The fourth-order valence-corrected chi connectivity index (χ4v) is 3.07. The molecule has 0 bridgehead atoms. The minimum atomic E-state index is -3.74. The van der Waals surface area contributed by atoms with Gasteiger partial charge < -0.3 is 9.84 Å². The van der Waals surface area contributed by atoms with Gasteiger partial charge in [-0.3, -0.25) is 0 Å². The molecule has 0 spiro atoms. The van der Waals surface area contributed by atoms with Gasteiger partial charge in [0.15, 0.2) is 6.61 Å². The summed E-state index contributed by atoms with van der Waals surface area (Å²) < 4.78 is 44.5. The van der Waals surface area contributed by atoms with Crippen LogP contribution in [-0.2, 0) is 14.8 Å². The second-order valence-electron chi connectivity index (χ2n) is 5.50. The number of rotatable bonds is 5. The van der Waals surface area contributed by atoms with E-state index in [1.54, 1.807) is 0 Å². The van der Waals surface area contributed by atoms with E-state index in [1.807, 2.05) is 0 Å². The molecule has 0 heterocycles. The molecule has 0 radical (unpaired) electrons. The van der Waals surface area contributed by atoms with Crippen LogP contribution in [0, 0.1) is 17.7 Å². The topological polar surface area (TPSA) is 83.9 Å². The van der Waals surface area contributed by atoms with Crippen molar-refractivity contribution in [2.75, 3.05) is 20.7 Å². The Labute approximate surface area is 161 Å². The Morgan fingerprint density at radius 1 is 1.19 bits per heavy atom. The van der Waals surface area contributed by atoms with Gasteiger partial charge in [-0.1, -0.05) is 23.4 Å². The monoisotopic (exact) mass is 411 g/mol. The summed E-state index contributed by atoms with van der Waals surface area (Å²) in [5.41, 5.74) is 0.103. The minimum absolute atomic E-state index is 0.105. The van der Waals surface area contributed by atoms with Gasteiger partial charge in [-0.15, -0.1) is 0 Å². The Morgan fingerprint density at radius 3 is 2.48 bits per heavy atom. The summed E-state index contributed by atoms with van der Waals surface area (Å²) in [6.07, 6.45) is 0. The molecule has 0 unspecified atom stereocenters. The lowest BCUT2D eigenvalue weighted by molar-refractivity contribution is -0.139. The minimum Gasteiger partial charge on any atom is -0.481 e. The molecule has 0 aliphatic heterocycles. The molecule has 27 heavy (non-hydrogen) atoms. The van der Waals surface area contributed by atoms with E-state index in [2.05, 4.69) is 11.8 Å². The molecule has 2 rings (SSSR count). The van der Waals surface area contributed by atoms with Crippen molar-refractivity contribution in [3.63, 3.8) is 0 Å². The third-order valence-corrected chi connectivity index (χ3v) is 5.39. The zero-order valence-electron chi connectivity index (χ0n) is 14.4. The average Bonchev–Trinajstić information content (AvgIpc) is 2.59. The summed E-state index contributed by atoms with van der Waals surface area (Å²) in [6, 6.07) is 7.66. The molecule has 1 N–H and O–H groups in total. The van der Waals surface area contributed by atoms with Crippen molar-refractivity contribution >= 4 is 27.6 Å². The lowest BCUT2D eigenvalue weighted by Crippen LogP contribution is -2.22. The first-order valence-electron chi connectivity index (χ1n) is 7.49. The van der Waals surface area contributed by atoms with Crippen molar-refractivity contribution in [2.24, 2.45) is 0 Å². The van der Waals surface area contributed by atoms with Crippen LogP contribution in [0.4, 0.5) is 4.39 Å². The van der Waals surface area contributed by atoms with Crippen LogP contribution in [0.2, 0.25) is 5.02 Å². The van der Waals surface area contributed by atoms with Crippen molar-refractivity contribution in [1.82, 2.24) is 4.31 Å². The van der Waals surface area contributed by atoms with Crippen molar-refractivity contribution in [1.29, 1.82) is 0 Å². The van der Waals surface area contributed by atoms with Crippen LogP contribution in [0.3, 0.4) is 0 Å². The Morgan fingerprint density at radius 2 is 1.85 bits per heavy atom. The Kier molecular flexibility index (Phi) is 6.44. The summed E-state index contributed by atoms with van der Waals surface area (Å²) in [6.45, 7) is -0.582. The number of hydrogen-bond acceptors (Lipinski definition) is 4. The van der Waals surface area contributed by atoms with Gasteiger partial charge in [0.1, 0.15) is 11.6 Å². The second-order valence-corrected chi connectivity index (χ2v) is 8.09. The molecule has 0 aliphatic rings. The van der Waals surface area contributed by atoms with E-state index >= 15 is 0 Å². The van der Waals surface area contributed by atoms with Gasteiger partial charge >= 0.3 is 5.97 Å². The van der Waals surface area contributed by atoms with Crippen LogP contribution in [0.5, 0.6) is 5.75 Å². The third-order valence-electron chi connectivity index (χ3n) is 3.34. The quantitative estimate of drug-likeness (QED) is 0.764. The first kappa shape index (κ1) is 20.7. The molecule has 0 aromatic heterocycles. The lowest BCUT2D eigenvalue weighted by Gasteiger charge is -2.11. The maximum absolute atomic E-state index is 14.0. The zero-order valence-corrected chi connectivity index (χ0v) is 15.9. The molecule has 2 aromatic carbocycles. The van der Waals surface area contributed by atoms with Crippen molar-refractivity contribution in [3.05, 3.63) is 58.4 Å². The molecule has 0 saturated heterocycles. The first-order valence-corrected chi connectivity index (χ1v) is 9.31. The van der Waals surface area contributed by atoms with Crippen molar-refractivity contribution in [3.8, 4) is 17.6 Å². The van der Waals surface area contributed by atoms with Gasteiger partial charge in [0.2, 0.25) is 10.0 Å². The van der Waals surface area contributed by atoms with Gasteiger partial charge in [-0.25, -0.2) is 21.9 Å². The van der Waals surface area contributed by atoms with Crippen LogP contribution in [0.15, 0.2) is 41.3 Å². The lowest BCUT2D eigenvalue weighted by atomic mass is 10.1. The van der Waals surface area contributed by atoms with E-state index in [-0.39, 0.29) is 21.8 Å². The molecule has 2 aromatic rings. The second kappa shape index (κ2) is 8.39. The van der Waals surface area contributed by atoms with Gasteiger partial charge in [0, 0.05) is 19.1 Å². The number of carboxylic acid groups (broad SMARTS) is 1. The highest BCUT2D eigenvalue weighted by atomic mass is 35.5. The van der Waals surface area contributed by atoms with E-state index in [9.17, 15) is 17.6 Å². The van der Waals surface area contributed by atoms with E-state index in [0.717, 1.165) is 22.5 Å². The molecular weight excluding hydrogens is 397 g/mol. The number of halogens is 2. The maximum Gasteiger partial charge on any atom is 0.341 e. The SMILES string of the molecule is CN(C)S(=O)(=O)c1ccc(F)c(C#Cc2cc(Cl)ccc2OCC(=O)O)c1. The number of sulfonamides is 1. The molecule has 142 valence electrons. The number of ether oxygens (including phenoxy) is 1. The summed E-state index contributed by atoms with van der Waals surface area (Å²) in [4.78, 5) is 10.6. The molecule has 0 fully saturated rings. The highest BCUT2D eigenvalue weighted by Crippen LogP contribution is 2.23. The Hall–Kier alpha value is -2.60. The summed E-state index contributed by atoms with van der Waals surface area (Å²) >= 11 is 5.91. The van der Waals surface area contributed by atoms with E-state index in [4.69, 9.17) is 21.4 Å². The maximum atomic E-state index is 14.0. The highest BCUT2D eigenvalue weighted by Gasteiger charge is 2.18. The Balaban J connectivity index is 2.46. The molecular formula is C18H15ClFNO5S. The number of carboxylic acids is 1. The molecule has 0 saturated carbocycles. The first-order chi connectivity index (χ1) is 12.6. The van der Waals surface area contributed by atoms with Gasteiger partial charge in [-0.05, 0) is 36.4 Å². The van der Waals surface area contributed by atoms with Gasteiger partial charge in [0.25, 0.3) is 0 Å². The summed E-state index contributed by atoms with van der Waals surface area (Å²) in [5.74, 6) is 3.47. The van der Waals surface area contributed by atoms with Crippen LogP contribution < -0.4 is 4.74 Å². The van der Waals surface area contributed by atoms with Crippen LogP contribution >= 0.6 is 11.6 Å². The van der Waals surface area contributed by atoms with Gasteiger partial charge in [-0.2, -0.15) is 0 Å². The van der Waals surface area contributed by atoms with Crippen molar-refractivity contribution in [2.45, 2.75) is 4.90 Å². The van der Waals surface area contributed by atoms with Crippen molar-refractivity contribution < 1.29 is 27.4 Å². The zero-order chi connectivity index (χ0) is 20.2. The summed E-state index contributed by atoms with van der Waals surface area (Å²) in [5, 5.41) is 9.04. The normalized spacial score (nSPS) is 11.0. The van der Waals surface area contributed by atoms with E-state index in [1.165, 1.54) is 32.3 Å². The van der Waals surface area contributed by atoms with Crippen LogP contribution in [0.1, 0.15) is 11.1 Å². The number of nitrogens with zero attached hydrogens (tertiary/aromatic N) is 1. The molecule has 0 atom stereocenters. The number of benzene rings is 2. The number of carbonyl (C=O) groups is 1. The Bertz CT molecular complexity index is 1040. The number of hydrogen-bond donors (Lipinski definition) is 1. The van der Waals surface area contributed by atoms with Gasteiger partial charge in [0.05, 0.1) is 16.0 Å². The highest BCUT2D eigenvalue weighted by molar-refractivity contribution is 7.89. The van der Waals surface area contributed by atoms with Crippen LogP contribution in [0.25, 0.3) is 0 Å². The standard InChI is InChI=1S/C18H15ClFNO5S/c1-21(2)27(24,25)15-6-7-16(20)12(10-15)3-4-13-9-14(19)5-8-17(13)26-11-18(22)23/h5-10H,11H2,1-2H3,(H,22,23). The molecule has 6 nitrogen and oxygen atoms in total. The smallest absolute Gasteiger partial charge is 0.341 e. The van der Waals surface area contributed by atoms with Crippen LogP contribution in [-0.4, -0.2) is 44.5 Å². The average molecular weight is 412 g/mol. The fourth-order valence-electron chi connectivity index (χ4n) is 1.97. The molecule has 0 amide bonds. The molecule has 0 aliphatic carbocycles. The summed E-state index contributed by atoms with van der Waals surface area (Å²) in [7, 11) is -1.02. The van der Waals surface area contributed by atoms with E-state index in [0.29, 0.717) is 5.02 Å². The fraction of sp³-hybridized carbons (Fsp3) is 0.167. The largest absolute Gasteiger partial charge is 0.481 e. The third kappa shape index (κ3) is 5.20. The van der Waals surface area contributed by atoms with E-state index < -0.39 is 28.4 Å².